The van der Waals surface area contributed by atoms with Crippen LogP contribution in [0.15, 0.2) is 11.4 Å². The van der Waals surface area contributed by atoms with Gasteiger partial charge in [-0.15, -0.1) is 11.3 Å². The second kappa shape index (κ2) is 6.08. The summed E-state index contributed by atoms with van der Waals surface area (Å²) >= 11 is 4.21. The Morgan fingerprint density at radius 1 is 1.43 bits per heavy atom. The fraction of sp³-hybridized carbons (Fsp3) is 0.636. The summed E-state index contributed by atoms with van der Waals surface area (Å²) in [5.41, 5.74) is 1.45. The molecule has 0 bridgehead atoms. The summed E-state index contributed by atoms with van der Waals surface area (Å²) in [5.74, 6) is 0.795. The van der Waals surface area contributed by atoms with Crippen molar-refractivity contribution in [1.82, 2.24) is 5.32 Å². The second-order valence-electron chi connectivity index (χ2n) is 4.00. The van der Waals surface area contributed by atoms with Gasteiger partial charge in [-0.05, 0) is 65.4 Å². The summed E-state index contributed by atoms with van der Waals surface area (Å²) in [6.45, 7) is 4.56. The lowest BCUT2D eigenvalue weighted by molar-refractivity contribution is 0.465. The van der Waals surface area contributed by atoms with Gasteiger partial charge >= 0.3 is 0 Å². The summed E-state index contributed by atoms with van der Waals surface area (Å²) in [5, 5.41) is 5.66. The highest BCUT2D eigenvalue weighted by Gasteiger charge is 2.11. The van der Waals surface area contributed by atoms with Crippen LogP contribution in [0.4, 0.5) is 0 Å². The van der Waals surface area contributed by atoms with Gasteiger partial charge in [-0.2, -0.15) is 0 Å². The lowest BCUT2D eigenvalue weighted by Crippen LogP contribution is -2.16. The van der Waals surface area contributed by atoms with Crippen molar-refractivity contribution in [3.05, 3.63) is 19.9 Å². The van der Waals surface area contributed by atoms with E-state index >= 15 is 0 Å². The minimum Gasteiger partial charge on any atom is -0.313 e. The number of nitrogens with one attached hydrogen (secondary N) is 1. The third kappa shape index (κ3) is 3.87. The van der Waals surface area contributed by atoms with Crippen LogP contribution in [0.2, 0.25) is 0 Å². The minimum atomic E-state index is 0.539. The van der Waals surface area contributed by atoms with Crippen molar-refractivity contribution in [3.8, 4) is 0 Å². The van der Waals surface area contributed by atoms with Gasteiger partial charge in [0.15, 0.2) is 0 Å². The standard InChI is InChI=1S/C11H18INS/c1-8(2)4-5-10(13-3)9-6-11(12)14-7-9/h6-8,10,13H,4-5H2,1-3H3. The van der Waals surface area contributed by atoms with E-state index in [0.29, 0.717) is 6.04 Å². The van der Waals surface area contributed by atoms with Crippen molar-refractivity contribution >= 4 is 33.9 Å². The number of thiophene rings is 1. The maximum Gasteiger partial charge on any atom is 0.0656 e. The Morgan fingerprint density at radius 3 is 2.57 bits per heavy atom. The summed E-state index contributed by atoms with van der Waals surface area (Å²) in [6.07, 6.45) is 2.53. The molecule has 0 saturated heterocycles. The normalized spacial score (nSPS) is 13.5. The first-order valence-corrected chi connectivity index (χ1v) is 7.00. The van der Waals surface area contributed by atoms with Crippen LogP contribution in [0.5, 0.6) is 0 Å². The third-order valence-corrected chi connectivity index (χ3v) is 4.18. The topological polar surface area (TPSA) is 12.0 Å². The average Bonchev–Trinajstić information content (AvgIpc) is 2.53. The van der Waals surface area contributed by atoms with E-state index in [1.54, 1.807) is 0 Å². The molecule has 1 aromatic heterocycles. The molecule has 0 amide bonds. The van der Waals surface area contributed by atoms with E-state index in [-0.39, 0.29) is 0 Å². The highest BCUT2D eigenvalue weighted by Crippen LogP contribution is 2.26. The fourth-order valence-electron chi connectivity index (χ4n) is 1.48. The second-order valence-corrected chi connectivity index (χ2v) is 6.80. The van der Waals surface area contributed by atoms with Crippen molar-refractivity contribution < 1.29 is 0 Å². The van der Waals surface area contributed by atoms with Gasteiger partial charge in [-0.25, -0.2) is 0 Å². The molecule has 0 saturated carbocycles. The van der Waals surface area contributed by atoms with Crippen molar-refractivity contribution in [2.75, 3.05) is 7.05 Å². The molecular weight excluding hydrogens is 305 g/mol. The van der Waals surface area contributed by atoms with E-state index in [0.717, 1.165) is 5.92 Å². The molecular formula is C11H18INS. The highest BCUT2D eigenvalue weighted by molar-refractivity contribution is 14.1. The Morgan fingerprint density at radius 2 is 2.14 bits per heavy atom. The van der Waals surface area contributed by atoms with Crippen LogP contribution in [0.1, 0.15) is 38.3 Å². The molecule has 1 heterocycles. The Kier molecular flexibility index (Phi) is 5.41. The lowest BCUT2D eigenvalue weighted by Gasteiger charge is -2.15. The SMILES string of the molecule is CNC(CCC(C)C)c1csc(I)c1. The summed E-state index contributed by atoms with van der Waals surface area (Å²) in [7, 11) is 2.05. The molecule has 0 aliphatic heterocycles. The molecule has 1 nitrogen and oxygen atoms in total. The molecule has 3 heteroatoms. The summed E-state index contributed by atoms with van der Waals surface area (Å²) in [6, 6.07) is 2.82. The molecule has 1 atom stereocenters. The average molecular weight is 323 g/mol. The van der Waals surface area contributed by atoms with E-state index < -0.39 is 0 Å². The van der Waals surface area contributed by atoms with Gasteiger partial charge in [-0.1, -0.05) is 13.8 Å². The van der Waals surface area contributed by atoms with Gasteiger partial charge in [0.25, 0.3) is 0 Å². The molecule has 1 N–H and O–H groups in total. The molecule has 0 aromatic carbocycles. The zero-order valence-electron chi connectivity index (χ0n) is 9.01. The maximum atomic E-state index is 3.39. The maximum absolute atomic E-state index is 3.39. The largest absolute Gasteiger partial charge is 0.313 e. The Hall–Kier alpha value is 0.390. The predicted molar refractivity (Wildman–Crippen MR) is 72.9 cm³/mol. The van der Waals surface area contributed by atoms with Gasteiger partial charge in [0.05, 0.1) is 2.88 Å². The van der Waals surface area contributed by atoms with Gasteiger partial charge in [0, 0.05) is 6.04 Å². The van der Waals surface area contributed by atoms with Crippen LogP contribution in [0.25, 0.3) is 0 Å². The molecule has 0 spiro atoms. The zero-order chi connectivity index (χ0) is 10.6. The molecule has 0 fully saturated rings. The molecule has 1 unspecified atom stereocenters. The quantitative estimate of drug-likeness (QED) is 0.806. The van der Waals surface area contributed by atoms with Crippen LogP contribution in [-0.4, -0.2) is 7.05 Å². The summed E-state index contributed by atoms with van der Waals surface area (Å²) < 4.78 is 1.38. The number of hydrogen-bond acceptors (Lipinski definition) is 2. The Labute approximate surface area is 104 Å². The molecule has 1 rings (SSSR count). The minimum absolute atomic E-state index is 0.539. The summed E-state index contributed by atoms with van der Waals surface area (Å²) in [4.78, 5) is 0. The van der Waals surface area contributed by atoms with Crippen LogP contribution in [-0.2, 0) is 0 Å². The molecule has 80 valence electrons. The Balaban J connectivity index is 2.54. The first-order chi connectivity index (χ1) is 6.63. The van der Waals surface area contributed by atoms with Crippen LogP contribution < -0.4 is 5.32 Å². The lowest BCUT2D eigenvalue weighted by atomic mass is 10.00. The van der Waals surface area contributed by atoms with E-state index in [2.05, 4.69) is 60.2 Å². The van der Waals surface area contributed by atoms with Gasteiger partial charge in [-0.3, -0.25) is 0 Å². The first-order valence-electron chi connectivity index (χ1n) is 5.04. The van der Waals surface area contributed by atoms with Gasteiger partial charge < -0.3 is 5.32 Å². The van der Waals surface area contributed by atoms with E-state index in [1.165, 1.54) is 21.3 Å². The van der Waals surface area contributed by atoms with E-state index in [9.17, 15) is 0 Å². The van der Waals surface area contributed by atoms with Crippen LogP contribution >= 0.6 is 33.9 Å². The van der Waals surface area contributed by atoms with E-state index in [1.807, 2.05) is 11.3 Å². The highest BCUT2D eigenvalue weighted by atomic mass is 127. The fourth-order valence-corrected chi connectivity index (χ4v) is 2.91. The smallest absolute Gasteiger partial charge is 0.0656 e. The van der Waals surface area contributed by atoms with Crippen molar-refractivity contribution in [2.45, 2.75) is 32.7 Å². The third-order valence-electron chi connectivity index (χ3n) is 2.37. The van der Waals surface area contributed by atoms with Gasteiger partial charge in [0.1, 0.15) is 0 Å². The molecule has 0 aliphatic rings. The molecule has 1 aromatic rings. The Bertz CT molecular complexity index is 270. The van der Waals surface area contributed by atoms with Crippen molar-refractivity contribution in [1.29, 1.82) is 0 Å². The number of halogens is 1. The van der Waals surface area contributed by atoms with Crippen LogP contribution in [0, 0.1) is 8.80 Å². The predicted octanol–water partition coefficient (Wildman–Crippen LogP) is 4.05. The molecule has 0 radical (unpaired) electrons. The monoisotopic (exact) mass is 323 g/mol. The van der Waals surface area contributed by atoms with E-state index in [4.69, 9.17) is 0 Å². The number of hydrogen-bond donors (Lipinski definition) is 1. The zero-order valence-corrected chi connectivity index (χ0v) is 12.0. The molecule has 14 heavy (non-hydrogen) atoms. The number of rotatable bonds is 5. The van der Waals surface area contributed by atoms with Crippen molar-refractivity contribution in [3.63, 3.8) is 0 Å². The van der Waals surface area contributed by atoms with Crippen molar-refractivity contribution in [2.24, 2.45) is 5.92 Å². The van der Waals surface area contributed by atoms with Gasteiger partial charge in [0.2, 0.25) is 0 Å². The first kappa shape index (κ1) is 12.5. The molecule has 0 aliphatic carbocycles. The van der Waals surface area contributed by atoms with Crippen LogP contribution in [0.3, 0.4) is 0 Å².